The second-order valence-electron chi connectivity index (χ2n) is 3.95. The predicted molar refractivity (Wildman–Crippen MR) is 72.1 cm³/mol. The number of nitrogens with zero attached hydrogens (tertiary/aromatic N) is 6. The van der Waals surface area contributed by atoms with Gasteiger partial charge in [-0.2, -0.15) is 5.26 Å². The molecule has 0 unspecified atom stereocenters. The van der Waals surface area contributed by atoms with Crippen molar-refractivity contribution in [3.8, 4) is 23.0 Å². The second-order valence-corrected chi connectivity index (χ2v) is 4.31. The SMILES string of the molecule is N#Cc1ccc(-c2cccc(-n3cnnn3)c2)nc1Cl. The molecule has 0 saturated heterocycles. The smallest absolute Gasteiger partial charge is 0.147 e. The Kier molecular flexibility index (Phi) is 3.11. The third kappa shape index (κ3) is 2.22. The summed E-state index contributed by atoms with van der Waals surface area (Å²) in [6.45, 7) is 0. The lowest BCUT2D eigenvalue weighted by atomic mass is 10.1. The summed E-state index contributed by atoms with van der Waals surface area (Å²) in [7, 11) is 0. The molecular formula is C13H7ClN6. The van der Waals surface area contributed by atoms with Crippen LogP contribution in [0.5, 0.6) is 0 Å². The number of nitriles is 1. The molecular weight excluding hydrogens is 276 g/mol. The molecule has 6 nitrogen and oxygen atoms in total. The zero-order valence-corrected chi connectivity index (χ0v) is 10.9. The standard InChI is InChI=1S/C13H7ClN6/c14-13-10(7-15)4-5-12(17-13)9-2-1-3-11(6-9)20-8-16-18-19-20/h1-6,8H. The van der Waals surface area contributed by atoms with Crippen LogP contribution in [0.3, 0.4) is 0 Å². The van der Waals surface area contributed by atoms with Crippen LogP contribution in [0.25, 0.3) is 16.9 Å². The van der Waals surface area contributed by atoms with E-state index in [2.05, 4.69) is 20.5 Å². The molecule has 3 rings (SSSR count). The lowest BCUT2D eigenvalue weighted by Gasteiger charge is -2.05. The number of pyridine rings is 1. The third-order valence-electron chi connectivity index (χ3n) is 2.72. The highest BCUT2D eigenvalue weighted by atomic mass is 35.5. The first-order chi connectivity index (χ1) is 9.78. The Bertz CT molecular complexity index is 791. The van der Waals surface area contributed by atoms with Gasteiger partial charge in [-0.3, -0.25) is 0 Å². The number of benzene rings is 1. The van der Waals surface area contributed by atoms with E-state index in [0.29, 0.717) is 11.3 Å². The van der Waals surface area contributed by atoms with Crippen molar-refractivity contribution in [3.63, 3.8) is 0 Å². The maximum absolute atomic E-state index is 8.85. The molecule has 0 saturated carbocycles. The van der Waals surface area contributed by atoms with E-state index in [4.69, 9.17) is 16.9 Å². The molecule has 0 aliphatic heterocycles. The van der Waals surface area contributed by atoms with Crippen LogP contribution in [0, 0.1) is 11.3 Å². The van der Waals surface area contributed by atoms with Gasteiger partial charge in [-0.15, -0.1) is 5.10 Å². The molecule has 3 aromatic rings. The molecule has 1 aromatic carbocycles. The average Bonchev–Trinajstić information content (AvgIpc) is 3.01. The molecule has 0 bridgehead atoms. The molecule has 0 aliphatic rings. The van der Waals surface area contributed by atoms with Gasteiger partial charge in [0.25, 0.3) is 0 Å². The van der Waals surface area contributed by atoms with Crippen LogP contribution in [0.4, 0.5) is 0 Å². The summed E-state index contributed by atoms with van der Waals surface area (Å²) in [5, 5.41) is 20.1. The number of tetrazole rings is 1. The van der Waals surface area contributed by atoms with Crippen molar-refractivity contribution in [1.82, 2.24) is 25.2 Å². The minimum absolute atomic E-state index is 0.192. The van der Waals surface area contributed by atoms with Gasteiger partial charge in [-0.05, 0) is 34.7 Å². The second kappa shape index (κ2) is 5.07. The number of hydrogen-bond donors (Lipinski definition) is 0. The van der Waals surface area contributed by atoms with E-state index in [1.165, 1.54) is 6.33 Å². The van der Waals surface area contributed by atoms with Gasteiger partial charge >= 0.3 is 0 Å². The highest BCUT2D eigenvalue weighted by Gasteiger charge is 2.06. The van der Waals surface area contributed by atoms with E-state index in [9.17, 15) is 0 Å². The van der Waals surface area contributed by atoms with Gasteiger partial charge in [0.2, 0.25) is 0 Å². The largest absolute Gasteiger partial charge is 0.235 e. The van der Waals surface area contributed by atoms with Crippen molar-refractivity contribution < 1.29 is 0 Å². The molecule has 0 spiro atoms. The Morgan fingerprint density at radius 2 is 2.10 bits per heavy atom. The fourth-order valence-electron chi connectivity index (χ4n) is 1.77. The van der Waals surface area contributed by atoms with Gasteiger partial charge < -0.3 is 0 Å². The van der Waals surface area contributed by atoms with Crippen molar-refractivity contribution in [2.75, 3.05) is 0 Å². The first kappa shape index (κ1) is 12.3. The lowest BCUT2D eigenvalue weighted by Crippen LogP contribution is -1.95. The van der Waals surface area contributed by atoms with Crippen molar-refractivity contribution in [1.29, 1.82) is 5.26 Å². The van der Waals surface area contributed by atoms with Crippen LogP contribution in [-0.4, -0.2) is 25.2 Å². The Morgan fingerprint density at radius 3 is 2.80 bits per heavy atom. The van der Waals surface area contributed by atoms with Crippen LogP contribution in [0.15, 0.2) is 42.7 Å². The van der Waals surface area contributed by atoms with Crippen molar-refractivity contribution in [2.24, 2.45) is 0 Å². The lowest BCUT2D eigenvalue weighted by molar-refractivity contribution is 0.789. The fourth-order valence-corrected chi connectivity index (χ4v) is 1.96. The van der Waals surface area contributed by atoms with Crippen LogP contribution in [-0.2, 0) is 0 Å². The van der Waals surface area contributed by atoms with Crippen LogP contribution < -0.4 is 0 Å². The molecule has 0 N–H and O–H groups in total. The monoisotopic (exact) mass is 282 g/mol. The molecule has 2 aromatic heterocycles. The summed E-state index contributed by atoms with van der Waals surface area (Å²) in [4.78, 5) is 4.22. The molecule has 96 valence electrons. The molecule has 0 fully saturated rings. The fraction of sp³-hybridized carbons (Fsp3) is 0. The van der Waals surface area contributed by atoms with E-state index in [-0.39, 0.29) is 5.15 Å². The minimum Gasteiger partial charge on any atom is -0.235 e. The Morgan fingerprint density at radius 1 is 1.20 bits per heavy atom. The highest BCUT2D eigenvalue weighted by molar-refractivity contribution is 6.30. The summed E-state index contributed by atoms with van der Waals surface area (Å²) < 4.78 is 1.55. The van der Waals surface area contributed by atoms with Crippen molar-refractivity contribution in [3.05, 3.63) is 53.4 Å². The quantitative estimate of drug-likeness (QED) is 0.673. The Hall–Kier alpha value is -2.78. The van der Waals surface area contributed by atoms with E-state index in [1.54, 1.807) is 16.8 Å². The molecule has 2 heterocycles. The molecule has 7 heteroatoms. The summed E-state index contributed by atoms with van der Waals surface area (Å²) in [6.07, 6.45) is 1.51. The van der Waals surface area contributed by atoms with E-state index in [0.717, 1.165) is 11.3 Å². The maximum atomic E-state index is 8.85. The molecule has 0 atom stereocenters. The van der Waals surface area contributed by atoms with Gasteiger partial charge in [0.15, 0.2) is 0 Å². The topological polar surface area (TPSA) is 80.3 Å². The van der Waals surface area contributed by atoms with Gasteiger partial charge in [0.1, 0.15) is 17.5 Å². The number of aromatic nitrogens is 5. The predicted octanol–water partition coefficient (Wildman–Crippen LogP) is 2.25. The Labute approximate surface area is 119 Å². The van der Waals surface area contributed by atoms with Gasteiger partial charge in [-0.25, -0.2) is 9.67 Å². The van der Waals surface area contributed by atoms with Gasteiger partial charge in [0, 0.05) is 5.56 Å². The van der Waals surface area contributed by atoms with E-state index >= 15 is 0 Å². The average molecular weight is 283 g/mol. The first-order valence-corrected chi connectivity index (χ1v) is 6.06. The molecule has 20 heavy (non-hydrogen) atoms. The van der Waals surface area contributed by atoms with Crippen molar-refractivity contribution in [2.45, 2.75) is 0 Å². The highest BCUT2D eigenvalue weighted by Crippen LogP contribution is 2.23. The van der Waals surface area contributed by atoms with Gasteiger partial charge in [0.05, 0.1) is 16.9 Å². The zero-order valence-electron chi connectivity index (χ0n) is 10.1. The summed E-state index contributed by atoms with van der Waals surface area (Å²) in [6, 6.07) is 12.9. The number of rotatable bonds is 2. The molecule has 0 radical (unpaired) electrons. The third-order valence-corrected chi connectivity index (χ3v) is 3.01. The number of hydrogen-bond acceptors (Lipinski definition) is 5. The summed E-state index contributed by atoms with van der Waals surface area (Å²) in [5.74, 6) is 0. The Balaban J connectivity index is 2.05. The van der Waals surface area contributed by atoms with E-state index < -0.39 is 0 Å². The molecule has 0 aliphatic carbocycles. The van der Waals surface area contributed by atoms with E-state index in [1.807, 2.05) is 30.3 Å². The van der Waals surface area contributed by atoms with Crippen LogP contribution >= 0.6 is 11.6 Å². The van der Waals surface area contributed by atoms with Crippen LogP contribution in [0.1, 0.15) is 5.56 Å². The zero-order chi connectivity index (χ0) is 13.9. The first-order valence-electron chi connectivity index (χ1n) is 5.68. The minimum atomic E-state index is 0.192. The number of halogens is 1. The summed E-state index contributed by atoms with van der Waals surface area (Å²) >= 11 is 5.95. The summed E-state index contributed by atoms with van der Waals surface area (Å²) in [5.41, 5.74) is 2.72. The van der Waals surface area contributed by atoms with Crippen LogP contribution in [0.2, 0.25) is 5.15 Å². The van der Waals surface area contributed by atoms with Crippen molar-refractivity contribution >= 4 is 11.6 Å². The maximum Gasteiger partial charge on any atom is 0.147 e. The van der Waals surface area contributed by atoms with Gasteiger partial charge in [-0.1, -0.05) is 23.7 Å². The normalized spacial score (nSPS) is 10.2. The molecule has 0 amide bonds.